The summed E-state index contributed by atoms with van der Waals surface area (Å²) >= 11 is 1.46. The third-order valence-corrected chi connectivity index (χ3v) is 5.39. The van der Waals surface area contributed by atoms with Gasteiger partial charge < -0.3 is 9.64 Å². The van der Waals surface area contributed by atoms with Gasteiger partial charge in [-0.3, -0.25) is 10.1 Å². The highest BCUT2D eigenvalue weighted by molar-refractivity contribution is 7.15. The first-order valence-electron chi connectivity index (χ1n) is 9.24. The van der Waals surface area contributed by atoms with E-state index >= 15 is 0 Å². The fourth-order valence-corrected chi connectivity index (χ4v) is 3.83. The van der Waals surface area contributed by atoms with Gasteiger partial charge in [0.2, 0.25) is 5.13 Å². The van der Waals surface area contributed by atoms with Gasteiger partial charge in [0.25, 0.3) is 5.91 Å². The van der Waals surface area contributed by atoms with Gasteiger partial charge in [-0.15, -0.1) is 10.2 Å². The second kappa shape index (κ2) is 9.09. The van der Waals surface area contributed by atoms with Crippen molar-refractivity contribution in [3.05, 3.63) is 34.3 Å². The molecule has 1 N–H and O–H groups in total. The molecular formula is C19H26N4O2S. The van der Waals surface area contributed by atoms with Crippen LogP contribution in [-0.4, -0.2) is 42.4 Å². The van der Waals surface area contributed by atoms with Crippen molar-refractivity contribution < 1.29 is 9.53 Å². The molecule has 1 aromatic heterocycles. The van der Waals surface area contributed by atoms with Crippen molar-refractivity contribution in [2.45, 2.75) is 39.5 Å². The molecule has 140 valence electrons. The van der Waals surface area contributed by atoms with Crippen molar-refractivity contribution in [3.8, 4) is 0 Å². The number of unbranched alkanes of at least 4 members (excludes halogenated alkanes) is 2. The van der Waals surface area contributed by atoms with Crippen molar-refractivity contribution in [3.63, 3.8) is 0 Å². The summed E-state index contributed by atoms with van der Waals surface area (Å²) in [4.78, 5) is 14.8. The van der Waals surface area contributed by atoms with Gasteiger partial charge in [0.05, 0.1) is 13.2 Å². The normalized spacial score (nSPS) is 14.5. The van der Waals surface area contributed by atoms with Crippen LogP contribution in [0.2, 0.25) is 0 Å². The maximum absolute atomic E-state index is 12.5. The highest BCUT2D eigenvalue weighted by Gasteiger charge is 2.16. The van der Waals surface area contributed by atoms with Gasteiger partial charge in [0.15, 0.2) is 0 Å². The Labute approximate surface area is 158 Å². The van der Waals surface area contributed by atoms with Crippen LogP contribution in [0.15, 0.2) is 18.2 Å². The van der Waals surface area contributed by atoms with Gasteiger partial charge >= 0.3 is 0 Å². The monoisotopic (exact) mass is 374 g/mol. The lowest BCUT2D eigenvalue weighted by atomic mass is 10.1. The Bertz CT molecular complexity index is 741. The third kappa shape index (κ3) is 4.80. The first kappa shape index (κ1) is 18.8. The maximum atomic E-state index is 12.5. The molecule has 7 heteroatoms. The first-order chi connectivity index (χ1) is 12.7. The zero-order valence-corrected chi connectivity index (χ0v) is 16.3. The summed E-state index contributed by atoms with van der Waals surface area (Å²) in [6.07, 6.45) is 4.41. The Kier molecular flexibility index (Phi) is 6.57. The van der Waals surface area contributed by atoms with Crippen LogP contribution in [0.4, 0.5) is 10.8 Å². The van der Waals surface area contributed by atoms with Gasteiger partial charge in [0, 0.05) is 30.8 Å². The smallest absolute Gasteiger partial charge is 0.257 e. The van der Waals surface area contributed by atoms with E-state index in [4.69, 9.17) is 4.74 Å². The zero-order chi connectivity index (χ0) is 18.4. The summed E-state index contributed by atoms with van der Waals surface area (Å²) in [6, 6.07) is 5.82. The first-order valence-corrected chi connectivity index (χ1v) is 10.1. The van der Waals surface area contributed by atoms with Gasteiger partial charge in [-0.05, 0) is 37.1 Å². The summed E-state index contributed by atoms with van der Waals surface area (Å²) < 4.78 is 5.40. The lowest BCUT2D eigenvalue weighted by Crippen LogP contribution is -2.36. The van der Waals surface area contributed by atoms with Crippen LogP contribution in [0.1, 0.15) is 47.1 Å². The van der Waals surface area contributed by atoms with E-state index in [1.807, 2.05) is 25.1 Å². The topological polar surface area (TPSA) is 67.4 Å². The predicted octanol–water partition coefficient (Wildman–Crippen LogP) is 3.67. The van der Waals surface area contributed by atoms with Gasteiger partial charge in [-0.1, -0.05) is 31.1 Å². The van der Waals surface area contributed by atoms with Crippen molar-refractivity contribution in [1.29, 1.82) is 0 Å². The number of hydrogen-bond acceptors (Lipinski definition) is 6. The Morgan fingerprint density at radius 2 is 2.08 bits per heavy atom. The number of carbonyl (C=O) groups is 1. The minimum absolute atomic E-state index is 0.141. The molecule has 1 amide bonds. The standard InChI is InChI=1S/C19H26N4O2S/c1-3-4-5-6-17-21-22-19(26-17)20-18(24)15-7-8-16(14(2)13-15)23-9-11-25-12-10-23/h7-8,13H,3-6,9-12H2,1-2H3,(H,20,22,24). The molecule has 0 aliphatic carbocycles. The molecule has 3 rings (SSSR count). The van der Waals surface area contributed by atoms with Crippen LogP contribution in [0.5, 0.6) is 0 Å². The average molecular weight is 375 g/mol. The van der Waals surface area contributed by atoms with Crippen LogP contribution in [-0.2, 0) is 11.2 Å². The molecule has 1 aliphatic rings. The van der Waals surface area contributed by atoms with E-state index in [0.29, 0.717) is 10.7 Å². The Hall–Kier alpha value is -1.99. The minimum atomic E-state index is -0.141. The molecule has 1 aromatic carbocycles. The highest BCUT2D eigenvalue weighted by Crippen LogP contribution is 2.23. The Morgan fingerprint density at radius 1 is 1.27 bits per heavy atom. The van der Waals surface area contributed by atoms with Gasteiger partial charge in [-0.2, -0.15) is 0 Å². The number of nitrogens with one attached hydrogen (secondary N) is 1. The quantitative estimate of drug-likeness (QED) is 0.749. The fourth-order valence-electron chi connectivity index (χ4n) is 3.06. The number of amides is 1. The van der Waals surface area contributed by atoms with Crippen LogP contribution in [0.3, 0.4) is 0 Å². The second-order valence-corrected chi connectivity index (χ2v) is 7.57. The Morgan fingerprint density at radius 3 is 2.81 bits per heavy atom. The molecule has 1 aliphatic heterocycles. The molecule has 26 heavy (non-hydrogen) atoms. The SMILES string of the molecule is CCCCCc1nnc(NC(=O)c2ccc(N3CCOCC3)c(C)c2)s1. The Balaban J connectivity index is 1.62. The van der Waals surface area contributed by atoms with E-state index in [0.717, 1.165) is 49.7 Å². The third-order valence-electron chi connectivity index (χ3n) is 4.49. The van der Waals surface area contributed by atoms with Crippen molar-refractivity contribution >= 4 is 28.1 Å². The molecule has 2 aromatic rings. The number of aromatic nitrogens is 2. The largest absolute Gasteiger partial charge is 0.378 e. The number of benzene rings is 1. The molecule has 0 radical (unpaired) electrons. The van der Waals surface area contributed by atoms with Crippen molar-refractivity contribution in [2.75, 3.05) is 36.5 Å². The van der Waals surface area contributed by atoms with Gasteiger partial charge in [-0.25, -0.2) is 0 Å². The lowest BCUT2D eigenvalue weighted by Gasteiger charge is -2.30. The molecule has 0 saturated carbocycles. The van der Waals surface area contributed by atoms with Crippen molar-refractivity contribution in [1.82, 2.24) is 10.2 Å². The zero-order valence-electron chi connectivity index (χ0n) is 15.5. The molecule has 0 unspecified atom stereocenters. The lowest BCUT2D eigenvalue weighted by molar-refractivity contribution is 0.102. The molecule has 0 atom stereocenters. The fraction of sp³-hybridized carbons (Fsp3) is 0.526. The van der Waals surface area contributed by atoms with E-state index in [2.05, 4.69) is 27.3 Å². The summed E-state index contributed by atoms with van der Waals surface area (Å²) in [5, 5.41) is 12.7. The highest BCUT2D eigenvalue weighted by atomic mass is 32.1. The number of anilines is 2. The van der Waals surface area contributed by atoms with E-state index in [-0.39, 0.29) is 5.91 Å². The summed E-state index contributed by atoms with van der Waals surface area (Å²) in [6.45, 7) is 7.49. The maximum Gasteiger partial charge on any atom is 0.257 e. The average Bonchev–Trinajstić information content (AvgIpc) is 3.10. The number of rotatable bonds is 7. The van der Waals surface area contributed by atoms with Crippen LogP contribution in [0, 0.1) is 6.92 Å². The number of nitrogens with zero attached hydrogens (tertiary/aromatic N) is 3. The number of aryl methyl sites for hydroxylation is 2. The van der Waals surface area contributed by atoms with Crippen molar-refractivity contribution in [2.24, 2.45) is 0 Å². The molecule has 2 heterocycles. The molecule has 6 nitrogen and oxygen atoms in total. The molecule has 1 saturated heterocycles. The molecule has 0 bridgehead atoms. The molecule has 0 spiro atoms. The van der Waals surface area contributed by atoms with E-state index in [9.17, 15) is 4.79 Å². The molecule has 1 fully saturated rings. The predicted molar refractivity (Wildman–Crippen MR) is 105 cm³/mol. The van der Waals surface area contributed by atoms with E-state index in [1.54, 1.807) is 0 Å². The number of morpholine rings is 1. The van der Waals surface area contributed by atoms with Gasteiger partial charge in [0.1, 0.15) is 5.01 Å². The number of hydrogen-bond donors (Lipinski definition) is 1. The second-order valence-electron chi connectivity index (χ2n) is 6.51. The summed E-state index contributed by atoms with van der Waals surface area (Å²) in [7, 11) is 0. The number of ether oxygens (including phenoxy) is 1. The summed E-state index contributed by atoms with van der Waals surface area (Å²) in [5.41, 5.74) is 2.90. The minimum Gasteiger partial charge on any atom is -0.378 e. The number of carbonyl (C=O) groups excluding carboxylic acids is 1. The van der Waals surface area contributed by atoms with Crippen LogP contribution in [0.25, 0.3) is 0 Å². The van der Waals surface area contributed by atoms with Crippen LogP contribution >= 0.6 is 11.3 Å². The summed E-state index contributed by atoms with van der Waals surface area (Å²) in [5.74, 6) is -0.141. The molecular weight excluding hydrogens is 348 g/mol. The van der Waals surface area contributed by atoms with Crippen LogP contribution < -0.4 is 10.2 Å². The van der Waals surface area contributed by atoms with E-state index < -0.39 is 0 Å². The van der Waals surface area contributed by atoms with E-state index in [1.165, 1.54) is 29.9 Å².